The molecule has 0 saturated heterocycles. The fraction of sp³-hybridized carbons (Fsp3) is 0.778. The van der Waals surface area contributed by atoms with E-state index in [-0.39, 0.29) is 12.6 Å². The standard InChI is InChI=1S/C9H18N2O4/c1-6(2)11-9(13)8(12)10-5-7(14-3)15-4/h6-7H,5H2,1-4H3,(H,10,12)(H,11,13). The van der Waals surface area contributed by atoms with E-state index in [9.17, 15) is 9.59 Å². The van der Waals surface area contributed by atoms with Gasteiger partial charge in [-0.2, -0.15) is 0 Å². The molecule has 0 rings (SSSR count). The van der Waals surface area contributed by atoms with Crippen LogP contribution in [0.1, 0.15) is 13.8 Å². The zero-order valence-corrected chi connectivity index (χ0v) is 9.49. The zero-order chi connectivity index (χ0) is 11.8. The molecule has 0 saturated carbocycles. The average Bonchev–Trinajstić information content (AvgIpc) is 2.18. The van der Waals surface area contributed by atoms with Gasteiger partial charge in [-0.25, -0.2) is 0 Å². The van der Waals surface area contributed by atoms with Gasteiger partial charge in [-0.3, -0.25) is 9.59 Å². The smallest absolute Gasteiger partial charge is 0.309 e. The number of carbonyl (C=O) groups excluding carboxylic acids is 2. The Morgan fingerprint density at radius 2 is 1.67 bits per heavy atom. The molecule has 15 heavy (non-hydrogen) atoms. The molecule has 0 unspecified atom stereocenters. The molecule has 0 atom stereocenters. The van der Waals surface area contributed by atoms with Gasteiger partial charge in [0.1, 0.15) is 0 Å². The molecule has 0 aromatic carbocycles. The van der Waals surface area contributed by atoms with Crippen LogP contribution in [-0.2, 0) is 19.1 Å². The quantitative estimate of drug-likeness (QED) is 0.470. The highest BCUT2D eigenvalue weighted by molar-refractivity contribution is 6.35. The van der Waals surface area contributed by atoms with Crippen LogP contribution in [0, 0.1) is 0 Å². The van der Waals surface area contributed by atoms with E-state index >= 15 is 0 Å². The first-order chi connectivity index (χ1) is 7.01. The molecule has 0 aliphatic heterocycles. The van der Waals surface area contributed by atoms with Crippen LogP contribution in [0.25, 0.3) is 0 Å². The minimum atomic E-state index is -0.692. The van der Waals surface area contributed by atoms with E-state index in [1.54, 1.807) is 13.8 Å². The number of carbonyl (C=O) groups is 2. The van der Waals surface area contributed by atoms with Gasteiger partial charge in [0.25, 0.3) is 0 Å². The van der Waals surface area contributed by atoms with Gasteiger partial charge in [-0.05, 0) is 13.8 Å². The van der Waals surface area contributed by atoms with Crippen LogP contribution in [0.3, 0.4) is 0 Å². The molecule has 0 aliphatic rings. The molecule has 88 valence electrons. The van der Waals surface area contributed by atoms with Gasteiger partial charge in [0, 0.05) is 20.3 Å². The van der Waals surface area contributed by atoms with Crippen molar-refractivity contribution in [3.63, 3.8) is 0 Å². The molecule has 0 aromatic rings. The van der Waals surface area contributed by atoms with Gasteiger partial charge in [-0.15, -0.1) is 0 Å². The van der Waals surface area contributed by atoms with Crippen LogP contribution < -0.4 is 10.6 Å². The van der Waals surface area contributed by atoms with Crippen LogP contribution >= 0.6 is 0 Å². The first-order valence-corrected chi connectivity index (χ1v) is 4.65. The highest BCUT2D eigenvalue weighted by atomic mass is 16.7. The Labute approximate surface area is 89.3 Å². The Balaban J connectivity index is 3.87. The summed E-state index contributed by atoms with van der Waals surface area (Å²) >= 11 is 0. The molecule has 0 aromatic heterocycles. The van der Waals surface area contributed by atoms with Crippen LogP contribution in [0.15, 0.2) is 0 Å². The maximum absolute atomic E-state index is 11.2. The lowest BCUT2D eigenvalue weighted by Crippen LogP contribution is -2.45. The van der Waals surface area contributed by atoms with Crippen LogP contribution in [0.4, 0.5) is 0 Å². The molecule has 6 heteroatoms. The van der Waals surface area contributed by atoms with Crippen molar-refractivity contribution in [3.8, 4) is 0 Å². The summed E-state index contributed by atoms with van der Waals surface area (Å²) in [5, 5.41) is 4.86. The first kappa shape index (κ1) is 13.9. The number of methoxy groups -OCH3 is 2. The predicted molar refractivity (Wildman–Crippen MR) is 54.1 cm³/mol. The summed E-state index contributed by atoms with van der Waals surface area (Å²) in [5.41, 5.74) is 0. The van der Waals surface area contributed by atoms with Gasteiger partial charge in [-0.1, -0.05) is 0 Å². The van der Waals surface area contributed by atoms with E-state index in [0.717, 1.165) is 0 Å². The summed E-state index contributed by atoms with van der Waals surface area (Å²) in [4.78, 5) is 22.3. The van der Waals surface area contributed by atoms with Crippen molar-refractivity contribution >= 4 is 11.8 Å². The van der Waals surface area contributed by atoms with Gasteiger partial charge < -0.3 is 20.1 Å². The molecule has 6 nitrogen and oxygen atoms in total. The van der Waals surface area contributed by atoms with Crippen molar-refractivity contribution in [1.82, 2.24) is 10.6 Å². The van der Waals surface area contributed by atoms with Crippen molar-refractivity contribution in [3.05, 3.63) is 0 Å². The lowest BCUT2D eigenvalue weighted by molar-refractivity contribution is -0.142. The fourth-order valence-corrected chi connectivity index (χ4v) is 0.847. The van der Waals surface area contributed by atoms with Crippen LogP contribution in [0.5, 0.6) is 0 Å². The normalized spacial score (nSPS) is 10.5. The highest BCUT2D eigenvalue weighted by Crippen LogP contribution is 1.87. The SMILES string of the molecule is COC(CNC(=O)C(=O)NC(C)C)OC. The van der Waals surface area contributed by atoms with Crippen LogP contribution in [-0.4, -0.2) is 44.9 Å². The third-order valence-electron chi connectivity index (χ3n) is 1.58. The monoisotopic (exact) mass is 218 g/mol. The Kier molecular flexibility index (Phi) is 6.64. The van der Waals surface area contributed by atoms with Crippen molar-refractivity contribution in [2.75, 3.05) is 20.8 Å². The molecule has 0 bridgehead atoms. The molecule has 0 fully saturated rings. The van der Waals surface area contributed by atoms with Crippen molar-refractivity contribution in [1.29, 1.82) is 0 Å². The Morgan fingerprint density at radius 3 is 2.07 bits per heavy atom. The molecular weight excluding hydrogens is 200 g/mol. The minimum absolute atomic E-state index is 0.0658. The second-order valence-corrected chi connectivity index (χ2v) is 3.24. The lowest BCUT2D eigenvalue weighted by Gasteiger charge is -2.14. The number of ether oxygens (including phenoxy) is 2. The predicted octanol–water partition coefficient (Wildman–Crippen LogP) is -0.754. The van der Waals surface area contributed by atoms with Gasteiger partial charge in [0.15, 0.2) is 6.29 Å². The number of nitrogens with one attached hydrogen (secondary N) is 2. The molecule has 2 amide bonds. The number of hydrogen-bond acceptors (Lipinski definition) is 4. The van der Waals surface area contributed by atoms with E-state index in [1.165, 1.54) is 14.2 Å². The molecule has 0 heterocycles. The third kappa shape index (κ3) is 6.03. The summed E-state index contributed by atoms with van der Waals surface area (Å²) in [6.07, 6.45) is -0.541. The number of hydrogen-bond donors (Lipinski definition) is 2. The maximum Gasteiger partial charge on any atom is 0.309 e. The Bertz CT molecular complexity index is 214. The second-order valence-electron chi connectivity index (χ2n) is 3.24. The van der Waals surface area contributed by atoms with Crippen molar-refractivity contribution in [2.24, 2.45) is 0 Å². The van der Waals surface area contributed by atoms with Gasteiger partial charge in [0.05, 0.1) is 6.54 Å². The maximum atomic E-state index is 11.2. The van der Waals surface area contributed by atoms with E-state index in [1.807, 2.05) is 0 Å². The largest absolute Gasteiger partial charge is 0.354 e. The fourth-order valence-electron chi connectivity index (χ4n) is 0.847. The van der Waals surface area contributed by atoms with E-state index in [0.29, 0.717) is 0 Å². The summed E-state index contributed by atoms with van der Waals surface area (Å²) in [6, 6.07) is -0.0658. The molecule has 0 radical (unpaired) electrons. The molecule has 0 spiro atoms. The lowest BCUT2D eigenvalue weighted by atomic mass is 10.4. The minimum Gasteiger partial charge on any atom is -0.354 e. The molecule has 2 N–H and O–H groups in total. The number of amides is 2. The highest BCUT2D eigenvalue weighted by Gasteiger charge is 2.15. The van der Waals surface area contributed by atoms with Crippen molar-refractivity contribution in [2.45, 2.75) is 26.2 Å². The van der Waals surface area contributed by atoms with Gasteiger partial charge in [0.2, 0.25) is 0 Å². The van der Waals surface area contributed by atoms with E-state index < -0.39 is 18.1 Å². The first-order valence-electron chi connectivity index (χ1n) is 4.65. The average molecular weight is 218 g/mol. The van der Waals surface area contributed by atoms with Crippen LogP contribution in [0.2, 0.25) is 0 Å². The van der Waals surface area contributed by atoms with Gasteiger partial charge >= 0.3 is 11.8 Å². The summed E-state index contributed by atoms with van der Waals surface area (Å²) in [7, 11) is 2.91. The Hall–Kier alpha value is -1.14. The topological polar surface area (TPSA) is 76.7 Å². The van der Waals surface area contributed by atoms with Crippen molar-refractivity contribution < 1.29 is 19.1 Å². The summed E-state index contributed by atoms with van der Waals surface area (Å²) in [6.45, 7) is 3.69. The number of rotatable bonds is 5. The zero-order valence-electron chi connectivity index (χ0n) is 9.49. The third-order valence-corrected chi connectivity index (χ3v) is 1.58. The summed E-state index contributed by atoms with van der Waals surface area (Å²) < 4.78 is 9.68. The molecule has 0 aliphatic carbocycles. The van der Waals surface area contributed by atoms with E-state index in [4.69, 9.17) is 9.47 Å². The second kappa shape index (κ2) is 7.19. The molecular formula is C9H18N2O4. The Morgan fingerprint density at radius 1 is 1.13 bits per heavy atom. The van der Waals surface area contributed by atoms with E-state index in [2.05, 4.69) is 10.6 Å². The summed E-state index contributed by atoms with van der Waals surface area (Å²) in [5.74, 6) is -1.35.